The number of methoxy groups -OCH3 is 1. The van der Waals surface area contributed by atoms with Gasteiger partial charge in [-0.3, -0.25) is 4.40 Å². The van der Waals surface area contributed by atoms with Gasteiger partial charge >= 0.3 is 0 Å². The summed E-state index contributed by atoms with van der Waals surface area (Å²) in [4.78, 5) is 0. The number of pyridine rings is 1. The predicted octanol–water partition coefficient (Wildman–Crippen LogP) is 1.80. The highest BCUT2D eigenvalue weighted by molar-refractivity contribution is 5.37. The maximum absolute atomic E-state index is 5.20. The maximum atomic E-state index is 5.20. The van der Waals surface area contributed by atoms with Gasteiger partial charge in [-0.1, -0.05) is 13.0 Å². The Morgan fingerprint density at radius 1 is 1.39 bits per heavy atom. The molecule has 2 atom stereocenters. The fraction of sp³-hybridized carbons (Fsp3) is 0.538. The highest BCUT2D eigenvalue weighted by Gasteiger charge is 2.16. The molecule has 0 aliphatic rings. The summed E-state index contributed by atoms with van der Waals surface area (Å²) in [5.74, 6) is 0.931. The molecule has 2 heterocycles. The van der Waals surface area contributed by atoms with E-state index in [1.165, 1.54) is 0 Å². The van der Waals surface area contributed by atoms with Crippen LogP contribution >= 0.6 is 0 Å². The molecule has 0 spiro atoms. The minimum absolute atomic E-state index is 0.141. The van der Waals surface area contributed by atoms with Gasteiger partial charge < -0.3 is 10.1 Å². The second-order valence-electron chi connectivity index (χ2n) is 4.44. The lowest BCUT2D eigenvalue weighted by Crippen LogP contribution is -2.35. The summed E-state index contributed by atoms with van der Waals surface area (Å²) in [7, 11) is 1.72. The van der Waals surface area contributed by atoms with Gasteiger partial charge in [-0.2, -0.15) is 0 Å². The van der Waals surface area contributed by atoms with E-state index in [0.29, 0.717) is 12.6 Å². The van der Waals surface area contributed by atoms with Crippen molar-refractivity contribution in [2.24, 2.45) is 0 Å². The molecular weight excluding hydrogens is 228 g/mol. The topological polar surface area (TPSA) is 51.5 Å². The van der Waals surface area contributed by atoms with Crippen LogP contribution in [0.5, 0.6) is 0 Å². The highest BCUT2D eigenvalue weighted by atomic mass is 16.5. The average molecular weight is 248 g/mol. The molecule has 18 heavy (non-hydrogen) atoms. The number of nitrogens with one attached hydrogen (secondary N) is 1. The second-order valence-corrected chi connectivity index (χ2v) is 4.44. The minimum atomic E-state index is 0.141. The van der Waals surface area contributed by atoms with Crippen LogP contribution in [-0.4, -0.2) is 34.4 Å². The van der Waals surface area contributed by atoms with Crippen LogP contribution in [0.4, 0.5) is 0 Å². The fourth-order valence-electron chi connectivity index (χ4n) is 2.07. The molecular formula is C13H20N4O. The molecule has 2 rings (SSSR count). The Kier molecular flexibility index (Phi) is 4.28. The molecule has 0 bridgehead atoms. The number of hydrogen-bond acceptors (Lipinski definition) is 4. The van der Waals surface area contributed by atoms with Crippen molar-refractivity contribution in [3.05, 3.63) is 30.2 Å². The number of hydrogen-bond donors (Lipinski definition) is 1. The second kappa shape index (κ2) is 5.93. The van der Waals surface area contributed by atoms with E-state index in [9.17, 15) is 0 Å². The molecule has 0 amide bonds. The number of nitrogens with zero attached hydrogens (tertiary/aromatic N) is 3. The number of ether oxygens (including phenoxy) is 1. The summed E-state index contributed by atoms with van der Waals surface area (Å²) >= 11 is 0. The Balaban J connectivity index is 2.15. The summed E-state index contributed by atoms with van der Waals surface area (Å²) < 4.78 is 7.21. The zero-order chi connectivity index (χ0) is 13.0. The molecule has 2 aromatic rings. The highest BCUT2D eigenvalue weighted by Crippen LogP contribution is 2.13. The third-order valence-corrected chi connectivity index (χ3v) is 3.07. The van der Waals surface area contributed by atoms with Crippen molar-refractivity contribution < 1.29 is 4.74 Å². The van der Waals surface area contributed by atoms with Gasteiger partial charge in [0.15, 0.2) is 11.5 Å². The SMILES string of the molecule is CCC(COC)NC(C)c1nnc2ccccn12. The quantitative estimate of drug-likeness (QED) is 0.847. The molecule has 0 radical (unpaired) electrons. The normalized spacial score (nSPS) is 14.8. The Labute approximate surface area is 107 Å². The van der Waals surface area contributed by atoms with Crippen LogP contribution in [-0.2, 0) is 4.74 Å². The molecule has 0 aromatic carbocycles. The fourth-order valence-corrected chi connectivity index (χ4v) is 2.07. The molecule has 0 saturated heterocycles. The van der Waals surface area contributed by atoms with E-state index >= 15 is 0 Å². The van der Waals surface area contributed by atoms with Gasteiger partial charge in [0.05, 0.1) is 12.6 Å². The van der Waals surface area contributed by atoms with E-state index in [1.54, 1.807) is 7.11 Å². The first-order valence-electron chi connectivity index (χ1n) is 6.31. The van der Waals surface area contributed by atoms with E-state index < -0.39 is 0 Å². The van der Waals surface area contributed by atoms with Crippen LogP contribution in [0.15, 0.2) is 24.4 Å². The molecule has 2 aromatic heterocycles. The molecule has 0 aliphatic heterocycles. The standard InChI is InChI=1S/C13H20N4O/c1-4-11(9-18-3)14-10(2)13-16-15-12-7-5-6-8-17(12)13/h5-8,10-11,14H,4,9H2,1-3H3. The van der Waals surface area contributed by atoms with Crippen LogP contribution < -0.4 is 5.32 Å². The van der Waals surface area contributed by atoms with E-state index in [4.69, 9.17) is 4.74 Å². The number of rotatable bonds is 6. The Bertz CT molecular complexity index is 496. The van der Waals surface area contributed by atoms with Gasteiger partial charge in [0.25, 0.3) is 0 Å². The van der Waals surface area contributed by atoms with E-state index in [-0.39, 0.29) is 6.04 Å². The lowest BCUT2D eigenvalue weighted by molar-refractivity contribution is 0.159. The average Bonchev–Trinajstić information content (AvgIpc) is 2.82. The zero-order valence-electron chi connectivity index (χ0n) is 11.1. The Morgan fingerprint density at radius 3 is 2.94 bits per heavy atom. The molecule has 98 valence electrons. The molecule has 2 unspecified atom stereocenters. The molecule has 5 nitrogen and oxygen atoms in total. The minimum Gasteiger partial charge on any atom is -0.383 e. The predicted molar refractivity (Wildman–Crippen MR) is 70.5 cm³/mol. The first-order chi connectivity index (χ1) is 8.76. The van der Waals surface area contributed by atoms with Crippen LogP contribution in [0.25, 0.3) is 5.65 Å². The number of aromatic nitrogens is 3. The molecule has 1 N–H and O–H groups in total. The number of fused-ring (bicyclic) bond motifs is 1. The van der Waals surface area contributed by atoms with Crippen LogP contribution in [0.3, 0.4) is 0 Å². The van der Waals surface area contributed by atoms with Crippen LogP contribution in [0.2, 0.25) is 0 Å². The van der Waals surface area contributed by atoms with Gasteiger partial charge in [-0.15, -0.1) is 10.2 Å². The van der Waals surface area contributed by atoms with E-state index in [0.717, 1.165) is 17.9 Å². The smallest absolute Gasteiger partial charge is 0.160 e. The maximum Gasteiger partial charge on any atom is 0.160 e. The van der Waals surface area contributed by atoms with Gasteiger partial charge in [0.1, 0.15) is 0 Å². The molecule has 5 heteroatoms. The van der Waals surface area contributed by atoms with Crippen molar-refractivity contribution in [1.29, 1.82) is 0 Å². The third-order valence-electron chi connectivity index (χ3n) is 3.07. The van der Waals surface area contributed by atoms with Gasteiger partial charge in [0, 0.05) is 19.3 Å². The van der Waals surface area contributed by atoms with E-state index in [2.05, 4.69) is 29.4 Å². The molecule has 0 fully saturated rings. The molecule has 0 saturated carbocycles. The van der Waals surface area contributed by atoms with Crippen molar-refractivity contribution in [3.8, 4) is 0 Å². The van der Waals surface area contributed by atoms with Crippen molar-refractivity contribution in [1.82, 2.24) is 19.9 Å². The monoisotopic (exact) mass is 248 g/mol. The van der Waals surface area contributed by atoms with E-state index in [1.807, 2.05) is 28.8 Å². The third kappa shape index (κ3) is 2.68. The lowest BCUT2D eigenvalue weighted by Gasteiger charge is -2.20. The Morgan fingerprint density at radius 2 is 2.22 bits per heavy atom. The summed E-state index contributed by atoms with van der Waals surface area (Å²) in [6.45, 7) is 4.95. The summed E-state index contributed by atoms with van der Waals surface area (Å²) in [5, 5.41) is 11.9. The van der Waals surface area contributed by atoms with Crippen molar-refractivity contribution in [2.45, 2.75) is 32.4 Å². The van der Waals surface area contributed by atoms with Crippen LogP contribution in [0, 0.1) is 0 Å². The largest absolute Gasteiger partial charge is 0.383 e. The molecule has 0 aliphatic carbocycles. The summed E-state index contributed by atoms with van der Waals surface area (Å²) in [6, 6.07) is 6.38. The summed E-state index contributed by atoms with van der Waals surface area (Å²) in [6.07, 6.45) is 3.01. The summed E-state index contributed by atoms with van der Waals surface area (Å²) in [5.41, 5.74) is 0.876. The zero-order valence-corrected chi connectivity index (χ0v) is 11.1. The van der Waals surface area contributed by atoms with Crippen molar-refractivity contribution in [2.75, 3.05) is 13.7 Å². The van der Waals surface area contributed by atoms with Gasteiger partial charge in [-0.05, 0) is 25.5 Å². The van der Waals surface area contributed by atoms with Gasteiger partial charge in [0.2, 0.25) is 0 Å². The lowest BCUT2D eigenvalue weighted by atomic mass is 10.2. The van der Waals surface area contributed by atoms with Crippen molar-refractivity contribution >= 4 is 5.65 Å². The van der Waals surface area contributed by atoms with Crippen molar-refractivity contribution in [3.63, 3.8) is 0 Å². The Hall–Kier alpha value is -1.46. The van der Waals surface area contributed by atoms with Gasteiger partial charge in [-0.25, -0.2) is 0 Å². The first kappa shape index (κ1) is 13.0. The first-order valence-corrected chi connectivity index (χ1v) is 6.31. The van der Waals surface area contributed by atoms with Crippen LogP contribution in [0.1, 0.15) is 32.1 Å².